The van der Waals surface area contributed by atoms with Gasteiger partial charge >= 0.3 is 12.4 Å². The lowest BCUT2D eigenvalue weighted by molar-refractivity contribution is -0.141. The van der Waals surface area contributed by atoms with Gasteiger partial charge in [0, 0.05) is 19.3 Å². The summed E-state index contributed by atoms with van der Waals surface area (Å²) < 4.78 is 76.3. The van der Waals surface area contributed by atoms with Gasteiger partial charge in [0.15, 0.2) is 11.5 Å². The average molecular weight is 373 g/mol. The van der Waals surface area contributed by atoms with Crippen LogP contribution >= 0.6 is 11.6 Å². The number of anilines is 2. The van der Waals surface area contributed by atoms with E-state index in [1.807, 2.05) is 0 Å². The van der Waals surface area contributed by atoms with E-state index in [1.54, 1.807) is 0 Å². The van der Waals surface area contributed by atoms with Crippen LogP contribution in [0.2, 0.25) is 5.02 Å². The first-order valence-corrected chi connectivity index (χ1v) is 6.42. The Labute approximate surface area is 134 Å². The van der Waals surface area contributed by atoms with Crippen molar-refractivity contribution in [3.05, 3.63) is 45.0 Å². The Hall–Kier alpha value is -2.30. The predicted molar refractivity (Wildman–Crippen MR) is 72.0 cm³/mol. The molecule has 0 atom stereocenters. The van der Waals surface area contributed by atoms with E-state index in [4.69, 9.17) is 11.6 Å². The minimum Gasteiger partial charge on any atom is -0.309 e. The monoisotopic (exact) mass is 372 g/mol. The lowest BCUT2D eigenvalue weighted by Gasteiger charge is -2.14. The average Bonchev–Trinajstić information content (AvgIpc) is 2.43. The van der Waals surface area contributed by atoms with Crippen molar-refractivity contribution in [1.82, 2.24) is 14.5 Å². The van der Waals surface area contributed by atoms with Crippen molar-refractivity contribution in [2.75, 3.05) is 5.32 Å². The first-order valence-electron chi connectivity index (χ1n) is 6.04. The molecule has 0 bridgehead atoms. The molecule has 0 aliphatic rings. The Morgan fingerprint density at radius 2 is 1.75 bits per heavy atom. The summed E-state index contributed by atoms with van der Waals surface area (Å²) in [5.74, 6) is -0.963. The molecule has 2 rings (SSSR count). The molecule has 0 saturated heterocycles. The maximum absolute atomic E-state index is 12.7. The number of hydrogen-bond donors (Lipinski definition) is 1. The van der Waals surface area contributed by atoms with Crippen LogP contribution in [0.4, 0.5) is 38.1 Å². The highest BCUT2D eigenvalue weighted by Gasteiger charge is 2.34. The molecule has 0 unspecified atom stereocenters. The van der Waals surface area contributed by atoms with E-state index < -0.39 is 40.1 Å². The van der Waals surface area contributed by atoms with Gasteiger partial charge in [0.2, 0.25) is 5.95 Å². The summed E-state index contributed by atoms with van der Waals surface area (Å²) in [6, 6.07) is 0.829. The fourth-order valence-corrected chi connectivity index (χ4v) is 1.80. The quantitative estimate of drug-likeness (QED) is 0.818. The lowest BCUT2D eigenvalue weighted by atomic mass is 10.3. The second kappa shape index (κ2) is 5.96. The molecule has 0 radical (unpaired) electrons. The summed E-state index contributed by atoms with van der Waals surface area (Å²) in [6.07, 6.45) is -9.11. The van der Waals surface area contributed by atoms with Gasteiger partial charge in [-0.1, -0.05) is 11.6 Å². The van der Waals surface area contributed by atoms with Crippen LogP contribution in [-0.4, -0.2) is 14.5 Å². The van der Waals surface area contributed by atoms with Crippen molar-refractivity contribution in [2.24, 2.45) is 7.05 Å². The maximum atomic E-state index is 12.7. The topological polar surface area (TPSA) is 59.8 Å². The first-order chi connectivity index (χ1) is 10.9. The molecular formula is C12H7ClF6N4O. The number of pyridine rings is 1. The third kappa shape index (κ3) is 3.78. The molecule has 0 fully saturated rings. The van der Waals surface area contributed by atoms with E-state index in [1.165, 1.54) is 0 Å². The van der Waals surface area contributed by atoms with Crippen LogP contribution in [0.15, 0.2) is 23.1 Å². The molecule has 1 N–H and O–H groups in total. The van der Waals surface area contributed by atoms with Gasteiger partial charge in [0.25, 0.3) is 5.56 Å². The number of aromatic nitrogens is 3. The predicted octanol–water partition coefficient (Wildman–Crippen LogP) is 3.61. The fraction of sp³-hybridized carbons (Fsp3) is 0.250. The molecule has 130 valence electrons. The highest BCUT2D eigenvalue weighted by molar-refractivity contribution is 6.33. The van der Waals surface area contributed by atoms with Gasteiger partial charge in [-0.2, -0.15) is 26.3 Å². The van der Waals surface area contributed by atoms with Gasteiger partial charge < -0.3 is 5.32 Å². The van der Waals surface area contributed by atoms with E-state index in [2.05, 4.69) is 15.3 Å². The maximum Gasteiger partial charge on any atom is 0.433 e. The molecule has 5 nitrogen and oxygen atoms in total. The SMILES string of the molecule is Cn1c(Nc2ncc(C(F)(F)F)cc2Cl)nc(C(F)(F)F)cc1=O. The van der Waals surface area contributed by atoms with Gasteiger partial charge in [0.1, 0.15) is 0 Å². The van der Waals surface area contributed by atoms with Crippen LogP contribution in [-0.2, 0) is 19.4 Å². The molecular weight excluding hydrogens is 366 g/mol. The Kier molecular flexibility index (Phi) is 4.48. The highest BCUT2D eigenvalue weighted by atomic mass is 35.5. The molecule has 24 heavy (non-hydrogen) atoms. The normalized spacial score (nSPS) is 12.3. The molecule has 0 aliphatic carbocycles. The van der Waals surface area contributed by atoms with E-state index in [-0.39, 0.29) is 11.9 Å². The minimum atomic E-state index is -4.87. The van der Waals surface area contributed by atoms with Crippen LogP contribution in [0, 0.1) is 0 Å². The molecule has 12 heteroatoms. The molecule has 0 aliphatic heterocycles. The number of nitrogens with one attached hydrogen (secondary N) is 1. The number of halogens is 7. The standard InChI is InChI=1S/C12H7ClF6N4O/c1-23-8(24)3-7(12(17,18)19)21-10(23)22-9-6(13)2-5(4-20-9)11(14,15)16/h2-4H,1H3,(H,20,21,22). The van der Waals surface area contributed by atoms with Crippen LogP contribution < -0.4 is 10.9 Å². The summed E-state index contributed by atoms with van der Waals surface area (Å²) in [5.41, 5.74) is -3.62. The smallest absolute Gasteiger partial charge is 0.309 e. The van der Waals surface area contributed by atoms with Crippen LogP contribution in [0.5, 0.6) is 0 Å². The molecule has 0 spiro atoms. The van der Waals surface area contributed by atoms with Crippen molar-refractivity contribution in [3.8, 4) is 0 Å². The van der Waals surface area contributed by atoms with Gasteiger partial charge in [-0.3, -0.25) is 9.36 Å². The van der Waals surface area contributed by atoms with Crippen molar-refractivity contribution < 1.29 is 26.3 Å². The summed E-state index contributed by atoms with van der Waals surface area (Å²) >= 11 is 5.64. The summed E-state index contributed by atoms with van der Waals surface area (Å²) in [5, 5.41) is 1.71. The Morgan fingerprint density at radius 1 is 1.12 bits per heavy atom. The summed E-state index contributed by atoms with van der Waals surface area (Å²) in [4.78, 5) is 18.2. The zero-order chi connectivity index (χ0) is 18.3. The van der Waals surface area contributed by atoms with E-state index >= 15 is 0 Å². The Morgan fingerprint density at radius 3 is 2.25 bits per heavy atom. The molecule has 0 saturated carbocycles. The minimum absolute atomic E-state index is 0.285. The second-order valence-electron chi connectivity index (χ2n) is 4.54. The van der Waals surface area contributed by atoms with E-state index in [0.717, 1.165) is 11.6 Å². The van der Waals surface area contributed by atoms with Crippen LogP contribution in [0.3, 0.4) is 0 Å². The molecule has 0 aromatic carbocycles. The van der Waals surface area contributed by atoms with Crippen molar-refractivity contribution in [3.63, 3.8) is 0 Å². The number of alkyl halides is 6. The van der Waals surface area contributed by atoms with Crippen molar-refractivity contribution in [2.45, 2.75) is 12.4 Å². The summed E-state index contributed by atoms with van der Waals surface area (Å²) in [7, 11) is 1.12. The van der Waals surface area contributed by atoms with Gasteiger partial charge in [-0.15, -0.1) is 0 Å². The molecule has 2 aromatic heterocycles. The molecule has 0 amide bonds. The zero-order valence-electron chi connectivity index (χ0n) is 11.6. The van der Waals surface area contributed by atoms with Gasteiger partial charge in [-0.25, -0.2) is 9.97 Å². The number of rotatable bonds is 2. The number of hydrogen-bond acceptors (Lipinski definition) is 4. The highest BCUT2D eigenvalue weighted by Crippen LogP contribution is 2.33. The third-order valence-electron chi connectivity index (χ3n) is 2.82. The Bertz CT molecular complexity index is 830. The third-order valence-corrected chi connectivity index (χ3v) is 3.11. The van der Waals surface area contributed by atoms with E-state index in [9.17, 15) is 31.1 Å². The Balaban J connectivity index is 2.45. The zero-order valence-corrected chi connectivity index (χ0v) is 12.4. The van der Waals surface area contributed by atoms with Crippen LogP contribution in [0.25, 0.3) is 0 Å². The first kappa shape index (κ1) is 18.0. The number of nitrogens with zero attached hydrogens (tertiary/aromatic N) is 3. The summed E-state index contributed by atoms with van der Waals surface area (Å²) in [6.45, 7) is 0. The second-order valence-corrected chi connectivity index (χ2v) is 4.94. The molecule has 2 aromatic rings. The largest absolute Gasteiger partial charge is 0.433 e. The molecule has 2 heterocycles. The van der Waals surface area contributed by atoms with Gasteiger partial charge in [-0.05, 0) is 6.07 Å². The van der Waals surface area contributed by atoms with E-state index in [0.29, 0.717) is 12.3 Å². The van der Waals surface area contributed by atoms with Crippen molar-refractivity contribution in [1.29, 1.82) is 0 Å². The van der Waals surface area contributed by atoms with Crippen LogP contribution in [0.1, 0.15) is 11.3 Å². The lowest BCUT2D eigenvalue weighted by Crippen LogP contribution is -2.24. The fourth-order valence-electron chi connectivity index (χ4n) is 1.59. The van der Waals surface area contributed by atoms with Gasteiger partial charge in [0.05, 0.1) is 10.6 Å². The van der Waals surface area contributed by atoms with Crippen molar-refractivity contribution >= 4 is 23.4 Å².